The SMILES string of the molecule is CC1(C)CC[C@]2(C(=O)O)CC[C@]3(C)C(=CC[C@@H]4[C@@]5(C)CC[C@H](O[C@@H]6O[C@H](CO)[C@@H](O)[C@H](O[C@@H]7O[C@H](CO)[C@@H](O)[C@H](O)[C@H]7O)[C@H]6O[C@@H]6O[C@H](CO)[C@@H](O)[C@H](O)[C@H]6O)[C@@](C)(CO)C5CC[C@]43C)[C@H]2C1. The lowest BCUT2D eigenvalue weighted by Gasteiger charge is -2.71. The van der Waals surface area contributed by atoms with Crippen LogP contribution in [0.25, 0.3) is 0 Å². The van der Waals surface area contributed by atoms with Crippen molar-refractivity contribution in [3.63, 3.8) is 0 Å². The Morgan fingerprint density at radius 2 is 1.15 bits per heavy atom. The minimum Gasteiger partial charge on any atom is -0.481 e. The summed E-state index contributed by atoms with van der Waals surface area (Å²) in [7, 11) is 0. The standard InChI is InChI=1S/C48H78O19/c1-43(2)13-15-48(42(60)61)16-14-46(5)22(23(48)17-43)7-8-28-44(3)11-10-29(45(4,21-52)27(44)9-12-47(28,46)6)65-41-38(67-40-36(59)34(57)31(54)25(19-50)63-40)37(32(55)26(20-51)64-41)66-39-35(58)33(56)30(53)24(18-49)62-39/h7,23-41,49-59H,8-21H2,1-6H3,(H,60,61)/t23-,24-,25-,26-,27?,28-,29+,30-,31-,32-,33+,34+,35-,36-,37+,38-,39+,40+,41+,44+,45+,46-,47-,48+/m1/s1. The maximum Gasteiger partial charge on any atom is 0.310 e. The fraction of sp³-hybridized carbons (Fsp3) is 0.938. The van der Waals surface area contributed by atoms with E-state index in [1.807, 2.05) is 6.92 Å². The van der Waals surface area contributed by atoms with Crippen molar-refractivity contribution < 1.29 is 94.5 Å². The number of aliphatic hydroxyl groups excluding tert-OH is 11. The maximum absolute atomic E-state index is 13.2. The molecular formula is C48H78O19. The van der Waals surface area contributed by atoms with E-state index in [9.17, 15) is 66.1 Å². The topological polar surface area (TPSA) is 315 Å². The van der Waals surface area contributed by atoms with Gasteiger partial charge in [0.15, 0.2) is 18.9 Å². The van der Waals surface area contributed by atoms with Crippen molar-refractivity contribution in [3.8, 4) is 0 Å². The van der Waals surface area contributed by atoms with Crippen molar-refractivity contribution in [2.75, 3.05) is 26.4 Å². The molecule has 8 rings (SSSR count). The zero-order valence-corrected chi connectivity index (χ0v) is 39.7. The van der Waals surface area contributed by atoms with Gasteiger partial charge in [-0.1, -0.05) is 53.2 Å². The Bertz CT molecular complexity index is 1810. The van der Waals surface area contributed by atoms with Crippen molar-refractivity contribution in [3.05, 3.63) is 11.6 Å². The molecule has 67 heavy (non-hydrogen) atoms. The van der Waals surface area contributed by atoms with Gasteiger partial charge in [0.25, 0.3) is 0 Å². The number of rotatable bonds is 11. The number of carboxylic acid groups (broad SMARTS) is 1. The minimum absolute atomic E-state index is 0.0215. The van der Waals surface area contributed by atoms with Crippen molar-refractivity contribution in [1.82, 2.24) is 0 Å². The van der Waals surface area contributed by atoms with Crippen LogP contribution in [-0.2, 0) is 33.2 Å². The van der Waals surface area contributed by atoms with Crippen molar-refractivity contribution >= 4 is 5.97 Å². The lowest BCUT2D eigenvalue weighted by molar-refractivity contribution is -0.400. The minimum atomic E-state index is -1.94. The molecule has 3 saturated heterocycles. The largest absolute Gasteiger partial charge is 0.481 e. The Labute approximate surface area is 392 Å². The molecule has 19 heteroatoms. The van der Waals surface area contributed by atoms with Gasteiger partial charge >= 0.3 is 5.97 Å². The van der Waals surface area contributed by atoms with E-state index >= 15 is 0 Å². The molecule has 8 aliphatic rings. The van der Waals surface area contributed by atoms with Crippen LogP contribution >= 0.6 is 0 Å². The van der Waals surface area contributed by atoms with Crippen LogP contribution in [0.5, 0.6) is 0 Å². The van der Waals surface area contributed by atoms with Crippen LogP contribution in [0.1, 0.15) is 106 Å². The highest BCUT2D eigenvalue weighted by molar-refractivity contribution is 5.76. The number of carboxylic acids is 1. The highest BCUT2D eigenvalue weighted by atomic mass is 16.8. The smallest absolute Gasteiger partial charge is 0.310 e. The predicted octanol–water partition coefficient (Wildman–Crippen LogP) is -0.321. The molecule has 3 heterocycles. The normalized spacial score (nSPS) is 54.2. The quantitative estimate of drug-likeness (QED) is 0.0933. The molecule has 0 bridgehead atoms. The van der Waals surface area contributed by atoms with E-state index < -0.39 is 135 Å². The first-order valence-electron chi connectivity index (χ1n) is 24.5. The monoisotopic (exact) mass is 959 g/mol. The average Bonchev–Trinajstić information content (AvgIpc) is 3.29. The van der Waals surface area contributed by atoms with Crippen LogP contribution in [0.3, 0.4) is 0 Å². The fourth-order valence-electron chi connectivity index (χ4n) is 15.1. The van der Waals surface area contributed by atoms with Gasteiger partial charge in [-0.05, 0) is 104 Å². The number of hydrogen-bond acceptors (Lipinski definition) is 18. The highest BCUT2D eigenvalue weighted by Gasteiger charge is 2.70. The summed E-state index contributed by atoms with van der Waals surface area (Å²) in [6, 6.07) is 0. The third-order valence-corrected chi connectivity index (χ3v) is 19.5. The van der Waals surface area contributed by atoms with Crippen LogP contribution in [-0.4, -0.2) is 192 Å². The number of aliphatic hydroxyl groups is 11. The number of fused-ring (bicyclic) bond motifs is 7. The molecule has 0 spiro atoms. The second-order valence-corrected chi connectivity index (χ2v) is 23.3. The van der Waals surface area contributed by atoms with Crippen molar-refractivity contribution in [2.45, 2.75) is 204 Å². The Balaban J connectivity index is 1.11. The van der Waals surface area contributed by atoms with Gasteiger partial charge in [0, 0.05) is 5.41 Å². The molecular weight excluding hydrogens is 881 g/mol. The second-order valence-electron chi connectivity index (χ2n) is 23.3. The van der Waals surface area contributed by atoms with Crippen LogP contribution in [0, 0.1) is 50.2 Å². The number of aliphatic carboxylic acids is 1. The van der Waals surface area contributed by atoms with Gasteiger partial charge in [0.05, 0.1) is 37.9 Å². The van der Waals surface area contributed by atoms with Crippen LogP contribution in [0.2, 0.25) is 0 Å². The summed E-state index contributed by atoms with van der Waals surface area (Å²) in [5.41, 5.74) is -1.13. The summed E-state index contributed by atoms with van der Waals surface area (Å²) < 4.78 is 36.9. The molecule has 384 valence electrons. The molecule has 24 atom stereocenters. The molecule has 0 amide bonds. The second kappa shape index (κ2) is 18.5. The summed E-state index contributed by atoms with van der Waals surface area (Å²) in [5, 5.41) is 129. The van der Waals surface area contributed by atoms with E-state index in [0.717, 1.165) is 38.5 Å². The van der Waals surface area contributed by atoms with Crippen molar-refractivity contribution in [1.29, 1.82) is 0 Å². The zero-order chi connectivity index (χ0) is 49.0. The molecule has 5 aliphatic carbocycles. The van der Waals surface area contributed by atoms with Crippen LogP contribution in [0.15, 0.2) is 11.6 Å². The van der Waals surface area contributed by atoms with E-state index in [2.05, 4.69) is 40.7 Å². The third-order valence-electron chi connectivity index (χ3n) is 19.5. The molecule has 0 aromatic heterocycles. The fourth-order valence-corrected chi connectivity index (χ4v) is 15.1. The first-order valence-corrected chi connectivity index (χ1v) is 24.5. The molecule has 3 aliphatic heterocycles. The van der Waals surface area contributed by atoms with Gasteiger partial charge in [-0.25, -0.2) is 0 Å². The number of ether oxygens (including phenoxy) is 6. The Morgan fingerprint density at radius 3 is 1.70 bits per heavy atom. The predicted molar refractivity (Wildman–Crippen MR) is 232 cm³/mol. The number of allylic oxidation sites excluding steroid dienone is 2. The molecule has 12 N–H and O–H groups in total. The molecule has 4 saturated carbocycles. The van der Waals surface area contributed by atoms with Gasteiger partial charge in [-0.15, -0.1) is 0 Å². The molecule has 0 aromatic rings. The van der Waals surface area contributed by atoms with Gasteiger partial charge in [-0.2, -0.15) is 0 Å². The number of carbonyl (C=O) groups is 1. The van der Waals surface area contributed by atoms with E-state index in [0.29, 0.717) is 25.7 Å². The Kier molecular flexibility index (Phi) is 14.4. The van der Waals surface area contributed by atoms with E-state index in [4.69, 9.17) is 28.4 Å². The molecule has 19 nitrogen and oxygen atoms in total. The van der Waals surface area contributed by atoms with Crippen molar-refractivity contribution in [2.24, 2.45) is 50.2 Å². The first-order chi connectivity index (χ1) is 31.4. The summed E-state index contributed by atoms with van der Waals surface area (Å²) in [6.07, 6.45) is -17.1. The molecule has 1 unspecified atom stereocenters. The number of hydrogen-bond donors (Lipinski definition) is 12. The lowest BCUT2D eigenvalue weighted by atomic mass is 9.33. The summed E-state index contributed by atoms with van der Waals surface area (Å²) in [6.45, 7) is 10.9. The summed E-state index contributed by atoms with van der Waals surface area (Å²) in [5.74, 6) is -0.674. The Morgan fingerprint density at radius 1 is 0.612 bits per heavy atom. The molecule has 0 radical (unpaired) electrons. The third kappa shape index (κ3) is 8.10. The van der Waals surface area contributed by atoms with Crippen LogP contribution < -0.4 is 0 Å². The zero-order valence-electron chi connectivity index (χ0n) is 39.7. The lowest BCUT2D eigenvalue weighted by Crippen LogP contribution is -2.69. The van der Waals surface area contributed by atoms with Gasteiger partial charge < -0.3 is 89.7 Å². The van der Waals surface area contributed by atoms with Gasteiger partial charge in [0.2, 0.25) is 0 Å². The Hall–Kier alpha value is -1.47. The highest BCUT2D eigenvalue weighted by Crippen LogP contribution is 2.76. The van der Waals surface area contributed by atoms with E-state index in [-0.39, 0.29) is 46.0 Å². The molecule has 0 aromatic carbocycles. The summed E-state index contributed by atoms with van der Waals surface area (Å²) in [4.78, 5) is 13.2. The summed E-state index contributed by atoms with van der Waals surface area (Å²) >= 11 is 0. The first kappa shape index (κ1) is 51.9. The molecule has 7 fully saturated rings. The van der Waals surface area contributed by atoms with Gasteiger partial charge in [-0.3, -0.25) is 4.79 Å². The average molecular weight is 959 g/mol. The van der Waals surface area contributed by atoms with Crippen LogP contribution in [0.4, 0.5) is 0 Å². The maximum atomic E-state index is 13.2. The van der Waals surface area contributed by atoms with E-state index in [1.165, 1.54) is 5.57 Å². The van der Waals surface area contributed by atoms with Gasteiger partial charge in [0.1, 0.15) is 73.2 Å². The van der Waals surface area contributed by atoms with E-state index in [1.54, 1.807) is 0 Å².